The highest BCUT2D eigenvalue weighted by molar-refractivity contribution is 7.90. The number of hydrogen-bond acceptors (Lipinski definition) is 8. The molecular weight excluding hydrogens is 486 g/mol. The van der Waals surface area contributed by atoms with Crippen LogP contribution in [0.3, 0.4) is 0 Å². The molecule has 2 aliphatic rings. The zero-order chi connectivity index (χ0) is 23.3. The summed E-state index contributed by atoms with van der Waals surface area (Å²) in [6.45, 7) is 2.94. The van der Waals surface area contributed by atoms with Crippen LogP contribution in [0.4, 0.5) is 8.78 Å². The third kappa shape index (κ3) is 4.58. The lowest BCUT2D eigenvalue weighted by molar-refractivity contribution is -0.210. The molecule has 2 aromatic heterocycles. The number of thiophene rings is 1. The van der Waals surface area contributed by atoms with Crippen molar-refractivity contribution < 1.29 is 27.0 Å². The molecule has 8 nitrogen and oxygen atoms in total. The van der Waals surface area contributed by atoms with Crippen molar-refractivity contribution in [3.8, 4) is 0 Å². The van der Waals surface area contributed by atoms with Crippen LogP contribution in [0.25, 0.3) is 0 Å². The predicted octanol–water partition coefficient (Wildman–Crippen LogP) is 2.40. The van der Waals surface area contributed by atoms with Gasteiger partial charge >= 0.3 is 0 Å². The van der Waals surface area contributed by atoms with Crippen LogP contribution in [0, 0.1) is 0 Å². The van der Waals surface area contributed by atoms with Crippen molar-refractivity contribution in [2.45, 2.75) is 56.5 Å². The standard InChI is InChI=1S/C19H25ClF2N4O4S2/c1-12-8-18(16-14(7-15(20)31-16)19(27,11-30-18)17(21)22)3-4-25(12)9-13-10-26(24-23-13)5-6-32(2,28)29/h7,10,12,17,27H,3-6,8-9,11H2,1-2H3/t12-,18+,19+/m0/s1. The van der Waals surface area contributed by atoms with Crippen LogP contribution in [0.1, 0.15) is 35.9 Å². The third-order valence-electron chi connectivity index (χ3n) is 6.21. The lowest BCUT2D eigenvalue weighted by Gasteiger charge is -2.49. The maximum atomic E-state index is 13.6. The highest BCUT2D eigenvalue weighted by Crippen LogP contribution is 2.53. The van der Waals surface area contributed by atoms with E-state index in [4.69, 9.17) is 16.3 Å². The van der Waals surface area contributed by atoms with Gasteiger partial charge in [-0.3, -0.25) is 9.58 Å². The van der Waals surface area contributed by atoms with Crippen LogP contribution in [0.5, 0.6) is 0 Å². The molecule has 1 saturated heterocycles. The Morgan fingerprint density at radius 2 is 2.22 bits per heavy atom. The number of aryl methyl sites for hydroxylation is 1. The average Bonchev–Trinajstić information content (AvgIpc) is 3.32. The van der Waals surface area contributed by atoms with E-state index in [0.717, 1.165) is 5.69 Å². The third-order valence-corrected chi connectivity index (χ3v) is 8.58. The van der Waals surface area contributed by atoms with Crippen molar-refractivity contribution >= 4 is 32.8 Å². The van der Waals surface area contributed by atoms with E-state index in [9.17, 15) is 22.3 Å². The molecule has 0 bridgehead atoms. The fourth-order valence-electron chi connectivity index (χ4n) is 4.41. The Labute approximate surface area is 194 Å². The molecule has 0 amide bonds. The first-order valence-corrected chi connectivity index (χ1v) is 13.4. The van der Waals surface area contributed by atoms with Gasteiger partial charge in [0.05, 0.1) is 28.9 Å². The van der Waals surface area contributed by atoms with Crippen LogP contribution in [0.15, 0.2) is 12.3 Å². The summed E-state index contributed by atoms with van der Waals surface area (Å²) in [5, 5.41) is 18.7. The van der Waals surface area contributed by atoms with E-state index in [1.54, 1.807) is 6.20 Å². The molecule has 0 unspecified atom stereocenters. The second-order valence-electron chi connectivity index (χ2n) is 8.68. The highest BCUT2D eigenvalue weighted by atomic mass is 35.5. The fourth-order valence-corrected chi connectivity index (χ4v) is 6.41. The first-order valence-electron chi connectivity index (χ1n) is 10.2. The van der Waals surface area contributed by atoms with Gasteiger partial charge in [0.1, 0.15) is 15.4 Å². The van der Waals surface area contributed by atoms with Crippen molar-refractivity contribution in [2.75, 3.05) is 25.2 Å². The zero-order valence-electron chi connectivity index (χ0n) is 17.7. The van der Waals surface area contributed by atoms with Crippen LogP contribution >= 0.6 is 22.9 Å². The summed E-state index contributed by atoms with van der Waals surface area (Å²) in [7, 11) is -3.09. The molecule has 1 fully saturated rings. The van der Waals surface area contributed by atoms with Crippen molar-refractivity contribution in [1.29, 1.82) is 0 Å². The number of ether oxygens (including phenoxy) is 1. The molecular formula is C19H25ClF2N4O4S2. The number of fused-ring (bicyclic) bond motifs is 2. The van der Waals surface area contributed by atoms with Gasteiger partial charge in [0.2, 0.25) is 0 Å². The highest BCUT2D eigenvalue weighted by Gasteiger charge is 2.54. The Kier molecular flexibility index (Phi) is 6.40. The van der Waals surface area contributed by atoms with Gasteiger partial charge in [-0.05, 0) is 25.8 Å². The van der Waals surface area contributed by atoms with E-state index in [1.807, 2.05) is 6.92 Å². The molecule has 0 saturated carbocycles. The maximum Gasteiger partial charge on any atom is 0.273 e. The van der Waals surface area contributed by atoms with Gasteiger partial charge in [0, 0.05) is 42.0 Å². The Hall–Kier alpha value is -1.18. The average molecular weight is 511 g/mol. The Morgan fingerprint density at radius 1 is 1.47 bits per heavy atom. The molecule has 13 heteroatoms. The lowest BCUT2D eigenvalue weighted by Crippen LogP contribution is -2.54. The van der Waals surface area contributed by atoms with E-state index in [-0.39, 0.29) is 23.9 Å². The molecule has 2 aliphatic heterocycles. The Bertz CT molecular complexity index is 1100. The van der Waals surface area contributed by atoms with Crippen molar-refractivity contribution in [2.24, 2.45) is 0 Å². The van der Waals surface area contributed by atoms with Crippen molar-refractivity contribution in [3.05, 3.63) is 32.7 Å². The van der Waals surface area contributed by atoms with Gasteiger partial charge in [-0.1, -0.05) is 16.8 Å². The summed E-state index contributed by atoms with van der Waals surface area (Å²) >= 11 is 7.34. The van der Waals surface area contributed by atoms with E-state index in [1.165, 1.54) is 28.3 Å². The zero-order valence-corrected chi connectivity index (χ0v) is 20.1. The molecule has 0 aliphatic carbocycles. The summed E-state index contributed by atoms with van der Waals surface area (Å²) < 4.78 is 57.8. The fraction of sp³-hybridized carbons (Fsp3) is 0.684. The topological polar surface area (TPSA) is 97.6 Å². The largest absolute Gasteiger partial charge is 0.377 e. The molecule has 0 radical (unpaired) electrons. The summed E-state index contributed by atoms with van der Waals surface area (Å²) in [6.07, 6.45) is 1.05. The van der Waals surface area contributed by atoms with Crippen molar-refractivity contribution in [1.82, 2.24) is 19.9 Å². The normalized spacial score (nSPS) is 29.0. The van der Waals surface area contributed by atoms with Crippen LogP contribution in [0.2, 0.25) is 4.34 Å². The molecule has 1 N–H and O–H groups in total. The van der Waals surface area contributed by atoms with Crippen LogP contribution in [-0.2, 0) is 38.9 Å². The number of rotatable bonds is 6. The molecule has 32 heavy (non-hydrogen) atoms. The van der Waals surface area contributed by atoms with Crippen LogP contribution < -0.4 is 0 Å². The van der Waals surface area contributed by atoms with Gasteiger partial charge in [0.15, 0.2) is 5.60 Å². The predicted molar refractivity (Wildman–Crippen MR) is 116 cm³/mol. The Morgan fingerprint density at radius 3 is 2.88 bits per heavy atom. The maximum absolute atomic E-state index is 13.6. The van der Waals surface area contributed by atoms with Gasteiger partial charge < -0.3 is 9.84 Å². The number of likely N-dealkylation sites (tertiary alicyclic amines) is 1. The van der Waals surface area contributed by atoms with Gasteiger partial charge in [-0.25, -0.2) is 17.2 Å². The van der Waals surface area contributed by atoms with Gasteiger partial charge in [-0.15, -0.1) is 16.4 Å². The number of aromatic nitrogens is 3. The van der Waals surface area contributed by atoms with E-state index in [0.29, 0.717) is 35.1 Å². The Balaban J connectivity index is 1.47. The summed E-state index contributed by atoms with van der Waals surface area (Å²) in [5.74, 6) is -0.00749. The molecule has 2 aromatic rings. The second kappa shape index (κ2) is 8.55. The SMILES string of the molecule is C[C@H]1C[C@@]2(CCN1Cc1cn(CCS(C)(=O)=O)nn1)OC[C@](O)(C(F)F)c1cc(Cl)sc12. The number of alkyl halides is 2. The van der Waals surface area contributed by atoms with E-state index < -0.39 is 34.1 Å². The summed E-state index contributed by atoms with van der Waals surface area (Å²) in [4.78, 5) is 2.78. The molecule has 3 atom stereocenters. The minimum Gasteiger partial charge on any atom is -0.377 e. The first-order chi connectivity index (χ1) is 14.9. The molecule has 0 aromatic carbocycles. The molecule has 1 spiro atoms. The number of nitrogens with zero attached hydrogens (tertiary/aromatic N) is 4. The van der Waals surface area contributed by atoms with Gasteiger partial charge in [0.25, 0.3) is 6.43 Å². The number of aliphatic hydroxyl groups is 1. The lowest BCUT2D eigenvalue weighted by atomic mass is 9.78. The number of sulfone groups is 1. The summed E-state index contributed by atoms with van der Waals surface area (Å²) in [5.41, 5.74) is -2.23. The number of halogens is 3. The minimum absolute atomic E-state index is 0.00749. The number of hydrogen-bond donors (Lipinski definition) is 1. The molecule has 4 heterocycles. The molecule has 178 valence electrons. The second-order valence-corrected chi connectivity index (χ2v) is 12.6. The molecule has 4 rings (SSSR count). The number of piperidine rings is 1. The van der Waals surface area contributed by atoms with Crippen LogP contribution in [-0.4, -0.2) is 71.0 Å². The van der Waals surface area contributed by atoms with E-state index in [2.05, 4.69) is 15.2 Å². The monoisotopic (exact) mass is 510 g/mol. The minimum atomic E-state index is -3.09. The quantitative estimate of drug-likeness (QED) is 0.637. The first kappa shape index (κ1) is 24.0. The smallest absolute Gasteiger partial charge is 0.273 e. The summed E-state index contributed by atoms with van der Waals surface area (Å²) in [6, 6.07) is 1.47. The van der Waals surface area contributed by atoms with Crippen molar-refractivity contribution in [3.63, 3.8) is 0 Å². The van der Waals surface area contributed by atoms with Gasteiger partial charge in [-0.2, -0.15) is 0 Å². The van der Waals surface area contributed by atoms with E-state index >= 15 is 0 Å².